The van der Waals surface area contributed by atoms with Gasteiger partial charge in [0, 0.05) is 38.8 Å². The molecule has 2 aromatic carbocycles. The molecule has 4 rings (SSSR count). The van der Waals surface area contributed by atoms with Crippen LogP contribution in [0.5, 0.6) is 0 Å². The van der Waals surface area contributed by atoms with Crippen LogP contribution in [0, 0.1) is 0 Å². The minimum absolute atomic E-state index is 0.137. The highest BCUT2D eigenvalue weighted by Gasteiger charge is 2.24. The first-order valence-corrected chi connectivity index (χ1v) is 8.03. The number of para-hydroxylation sites is 1. The number of nitrogens with one attached hydrogen (secondary N) is 1. The molecule has 0 atom stereocenters. The van der Waals surface area contributed by atoms with Crippen LogP contribution < -0.4 is 5.32 Å². The van der Waals surface area contributed by atoms with Crippen molar-refractivity contribution >= 4 is 51.7 Å². The molecule has 25 heavy (non-hydrogen) atoms. The van der Waals surface area contributed by atoms with E-state index < -0.39 is 5.97 Å². The minimum Gasteiger partial charge on any atom is -0.480 e. The summed E-state index contributed by atoms with van der Waals surface area (Å²) in [4.78, 5) is 23.4. The van der Waals surface area contributed by atoms with Crippen molar-refractivity contribution < 1.29 is 14.7 Å². The molecule has 1 aliphatic rings. The average molecular weight is 353 g/mol. The van der Waals surface area contributed by atoms with Crippen LogP contribution in [0.15, 0.2) is 48.7 Å². The van der Waals surface area contributed by atoms with Gasteiger partial charge in [0.05, 0.1) is 5.69 Å². The highest BCUT2D eigenvalue weighted by Crippen LogP contribution is 2.36. The maximum atomic E-state index is 12.3. The van der Waals surface area contributed by atoms with E-state index in [2.05, 4.69) is 5.32 Å². The number of nitrogens with zero attached hydrogens (tertiary/aromatic N) is 1. The summed E-state index contributed by atoms with van der Waals surface area (Å²) < 4.78 is 1.67. The number of halogens is 1. The number of carbonyl (C=O) groups is 2. The third kappa shape index (κ3) is 2.68. The normalized spacial score (nSPS) is 14.8. The van der Waals surface area contributed by atoms with Crippen molar-refractivity contribution in [3.63, 3.8) is 0 Å². The number of rotatable bonds is 3. The Kier molecular flexibility index (Phi) is 3.58. The van der Waals surface area contributed by atoms with Gasteiger partial charge >= 0.3 is 5.97 Å². The summed E-state index contributed by atoms with van der Waals surface area (Å²) >= 11 is 5.98. The molecule has 0 bridgehead atoms. The van der Waals surface area contributed by atoms with Gasteiger partial charge in [0.15, 0.2) is 0 Å². The smallest absolute Gasteiger partial charge is 0.323 e. The summed E-state index contributed by atoms with van der Waals surface area (Å²) in [6.45, 7) is -0.137. The number of hydrogen-bond acceptors (Lipinski definition) is 2. The van der Waals surface area contributed by atoms with Crippen LogP contribution in [0.2, 0.25) is 5.02 Å². The first-order chi connectivity index (χ1) is 12.0. The zero-order valence-electron chi connectivity index (χ0n) is 13.0. The topological polar surface area (TPSA) is 71.3 Å². The van der Waals surface area contributed by atoms with E-state index in [1.165, 1.54) is 0 Å². The Morgan fingerprint density at radius 2 is 2.04 bits per heavy atom. The molecule has 3 aromatic rings. The number of carboxylic acid groups (broad SMARTS) is 1. The summed E-state index contributed by atoms with van der Waals surface area (Å²) in [6.07, 6.45) is 3.54. The molecular formula is C19H13ClN2O3. The van der Waals surface area contributed by atoms with Gasteiger partial charge in [0.25, 0.3) is 5.91 Å². The van der Waals surface area contributed by atoms with Crippen LogP contribution in [0.1, 0.15) is 11.1 Å². The highest BCUT2D eigenvalue weighted by atomic mass is 35.5. The van der Waals surface area contributed by atoms with E-state index in [4.69, 9.17) is 16.7 Å². The second kappa shape index (κ2) is 5.79. The zero-order chi connectivity index (χ0) is 17.6. The monoisotopic (exact) mass is 352 g/mol. The molecule has 2 heterocycles. The fraction of sp³-hybridized carbons (Fsp3) is 0.0526. The van der Waals surface area contributed by atoms with Crippen LogP contribution >= 0.6 is 11.6 Å². The number of carbonyl (C=O) groups excluding carboxylic acids is 1. The second-order valence-electron chi connectivity index (χ2n) is 5.83. The van der Waals surface area contributed by atoms with Crippen molar-refractivity contribution in [1.29, 1.82) is 0 Å². The van der Waals surface area contributed by atoms with Crippen molar-refractivity contribution in [2.75, 3.05) is 5.32 Å². The molecule has 1 aromatic heterocycles. The standard InChI is InChI=1S/C19H13ClN2O3/c20-12-5-6-14-15(19(25)21-16(14)8-12)7-11-9-22(10-18(23)24)17-4-2-1-3-13(11)17/h1-9H,10H2,(H,21,25)(H,23,24)/b15-7+. The average Bonchev–Trinajstić information content (AvgIpc) is 3.06. The number of benzene rings is 2. The molecule has 1 aliphatic heterocycles. The summed E-state index contributed by atoms with van der Waals surface area (Å²) in [6, 6.07) is 12.8. The summed E-state index contributed by atoms with van der Waals surface area (Å²) in [5, 5.41) is 13.4. The lowest BCUT2D eigenvalue weighted by molar-refractivity contribution is -0.137. The van der Waals surface area contributed by atoms with Gasteiger partial charge in [-0.3, -0.25) is 9.59 Å². The Hall–Kier alpha value is -3.05. The Morgan fingerprint density at radius 3 is 2.84 bits per heavy atom. The van der Waals surface area contributed by atoms with Gasteiger partial charge < -0.3 is 15.0 Å². The van der Waals surface area contributed by atoms with Gasteiger partial charge in [-0.25, -0.2) is 0 Å². The molecule has 5 nitrogen and oxygen atoms in total. The number of anilines is 1. The third-order valence-electron chi connectivity index (χ3n) is 4.19. The van der Waals surface area contributed by atoms with Crippen molar-refractivity contribution in [1.82, 2.24) is 4.57 Å². The van der Waals surface area contributed by atoms with Gasteiger partial charge in [0.2, 0.25) is 0 Å². The molecule has 0 radical (unpaired) electrons. The second-order valence-corrected chi connectivity index (χ2v) is 6.26. The third-order valence-corrected chi connectivity index (χ3v) is 4.42. The largest absolute Gasteiger partial charge is 0.480 e. The van der Waals surface area contributed by atoms with Crippen LogP contribution in [0.3, 0.4) is 0 Å². The summed E-state index contributed by atoms with van der Waals surface area (Å²) in [5.41, 5.74) is 3.60. The van der Waals surface area contributed by atoms with Crippen LogP contribution in [-0.4, -0.2) is 21.6 Å². The predicted octanol–water partition coefficient (Wildman–Crippen LogP) is 3.87. The quantitative estimate of drug-likeness (QED) is 0.703. The number of aromatic nitrogens is 1. The van der Waals surface area contributed by atoms with E-state index in [0.717, 1.165) is 22.0 Å². The molecule has 0 fully saturated rings. The summed E-state index contributed by atoms with van der Waals surface area (Å²) in [7, 11) is 0. The molecule has 0 spiro atoms. The van der Waals surface area contributed by atoms with Crippen molar-refractivity contribution in [2.24, 2.45) is 0 Å². The number of aliphatic carboxylic acids is 1. The number of carboxylic acids is 1. The maximum absolute atomic E-state index is 12.3. The fourth-order valence-corrected chi connectivity index (χ4v) is 3.30. The lowest BCUT2D eigenvalue weighted by Gasteiger charge is -1.99. The minimum atomic E-state index is -0.918. The molecule has 1 amide bonds. The van der Waals surface area contributed by atoms with Crippen LogP contribution in [0.4, 0.5) is 5.69 Å². The molecule has 0 unspecified atom stereocenters. The van der Waals surface area contributed by atoms with Gasteiger partial charge in [-0.05, 0) is 24.3 Å². The van der Waals surface area contributed by atoms with Gasteiger partial charge in [-0.15, -0.1) is 0 Å². The molecule has 2 N–H and O–H groups in total. The SMILES string of the molecule is O=C(O)Cn1cc(/C=C2/C(=O)Nc3cc(Cl)ccc32)c2ccccc21. The first-order valence-electron chi connectivity index (χ1n) is 7.65. The molecule has 124 valence electrons. The predicted molar refractivity (Wildman–Crippen MR) is 97.5 cm³/mol. The Labute approximate surface area is 148 Å². The fourth-order valence-electron chi connectivity index (χ4n) is 3.13. The maximum Gasteiger partial charge on any atom is 0.323 e. The van der Waals surface area contributed by atoms with E-state index in [9.17, 15) is 9.59 Å². The van der Waals surface area contributed by atoms with Crippen molar-refractivity contribution in [2.45, 2.75) is 6.54 Å². The van der Waals surface area contributed by atoms with E-state index >= 15 is 0 Å². The lowest BCUT2D eigenvalue weighted by Crippen LogP contribution is -2.07. The van der Waals surface area contributed by atoms with Crippen molar-refractivity contribution in [3.8, 4) is 0 Å². The molecule has 0 saturated heterocycles. The van der Waals surface area contributed by atoms with Crippen LogP contribution in [0.25, 0.3) is 22.6 Å². The molecular weight excluding hydrogens is 340 g/mol. The van der Waals surface area contributed by atoms with E-state index in [1.807, 2.05) is 24.3 Å². The Balaban J connectivity index is 1.88. The van der Waals surface area contributed by atoms with Gasteiger partial charge in [0.1, 0.15) is 6.54 Å². The van der Waals surface area contributed by atoms with E-state index in [0.29, 0.717) is 16.3 Å². The van der Waals surface area contributed by atoms with Crippen molar-refractivity contribution in [3.05, 3.63) is 64.8 Å². The summed E-state index contributed by atoms with van der Waals surface area (Å²) in [5.74, 6) is -1.12. The number of hydrogen-bond donors (Lipinski definition) is 2. The molecule has 0 aliphatic carbocycles. The van der Waals surface area contributed by atoms with Crippen LogP contribution in [-0.2, 0) is 16.1 Å². The number of amides is 1. The molecule has 0 saturated carbocycles. The zero-order valence-corrected chi connectivity index (χ0v) is 13.7. The van der Waals surface area contributed by atoms with Gasteiger partial charge in [-0.1, -0.05) is 35.9 Å². The first kappa shape index (κ1) is 15.5. The Bertz CT molecular complexity index is 1070. The van der Waals surface area contributed by atoms with E-state index in [-0.39, 0.29) is 12.5 Å². The highest BCUT2D eigenvalue weighted by molar-refractivity contribution is 6.36. The Morgan fingerprint density at radius 1 is 1.24 bits per heavy atom. The van der Waals surface area contributed by atoms with E-state index in [1.54, 1.807) is 35.0 Å². The number of fused-ring (bicyclic) bond motifs is 2. The lowest BCUT2D eigenvalue weighted by atomic mass is 10.0. The van der Waals surface area contributed by atoms with Gasteiger partial charge in [-0.2, -0.15) is 0 Å². The molecule has 6 heteroatoms.